The highest BCUT2D eigenvalue weighted by molar-refractivity contribution is 7.92. The summed E-state index contributed by atoms with van der Waals surface area (Å²) in [5, 5.41) is 2.95. The van der Waals surface area contributed by atoms with Crippen LogP contribution in [-0.4, -0.2) is 49.8 Å². The van der Waals surface area contributed by atoms with Crippen LogP contribution in [0.1, 0.15) is 58.6 Å². The highest BCUT2D eigenvalue weighted by Gasteiger charge is 2.33. The lowest BCUT2D eigenvalue weighted by molar-refractivity contribution is -0.139. The van der Waals surface area contributed by atoms with Gasteiger partial charge in [-0.3, -0.25) is 13.9 Å². The summed E-state index contributed by atoms with van der Waals surface area (Å²) in [7, 11) is -4.07. The molecule has 7 nitrogen and oxygen atoms in total. The zero-order valence-electron chi connectivity index (χ0n) is 24.3. The first-order chi connectivity index (χ1) is 18.8. The van der Waals surface area contributed by atoms with Crippen molar-refractivity contribution in [3.8, 4) is 0 Å². The van der Waals surface area contributed by atoms with Gasteiger partial charge < -0.3 is 10.2 Å². The predicted molar refractivity (Wildman–Crippen MR) is 161 cm³/mol. The van der Waals surface area contributed by atoms with Crippen molar-refractivity contribution in [1.82, 2.24) is 10.2 Å². The lowest BCUT2D eigenvalue weighted by atomic mass is 10.0. The Kier molecular flexibility index (Phi) is 10.1. The molecule has 1 N–H and O–H groups in total. The maximum atomic E-state index is 14.0. The SMILES string of the molecule is CC(C)c1ccc(N(CC(=O)N(CCc2ccccc2)C(C)C(=O)NC(C)(C)C)S(=O)(=O)c2ccccc2)cc1. The van der Waals surface area contributed by atoms with Crippen molar-refractivity contribution < 1.29 is 18.0 Å². The van der Waals surface area contributed by atoms with E-state index < -0.39 is 34.1 Å². The maximum Gasteiger partial charge on any atom is 0.264 e. The van der Waals surface area contributed by atoms with Crippen LogP contribution in [0.2, 0.25) is 0 Å². The summed E-state index contributed by atoms with van der Waals surface area (Å²) in [4.78, 5) is 28.7. The van der Waals surface area contributed by atoms with Crippen molar-refractivity contribution in [3.63, 3.8) is 0 Å². The molecule has 0 saturated heterocycles. The largest absolute Gasteiger partial charge is 0.350 e. The number of nitrogens with one attached hydrogen (secondary N) is 1. The quantitative estimate of drug-likeness (QED) is 0.339. The Labute approximate surface area is 239 Å². The number of anilines is 1. The van der Waals surface area contributed by atoms with E-state index in [1.807, 2.05) is 63.2 Å². The van der Waals surface area contributed by atoms with Crippen molar-refractivity contribution >= 4 is 27.5 Å². The third-order valence-corrected chi connectivity index (χ3v) is 8.40. The van der Waals surface area contributed by atoms with Gasteiger partial charge in [0.05, 0.1) is 10.6 Å². The number of carbonyl (C=O) groups is 2. The van der Waals surface area contributed by atoms with Crippen LogP contribution < -0.4 is 9.62 Å². The smallest absolute Gasteiger partial charge is 0.264 e. The molecule has 1 unspecified atom stereocenters. The second-order valence-electron chi connectivity index (χ2n) is 11.3. The van der Waals surface area contributed by atoms with E-state index in [4.69, 9.17) is 0 Å². The van der Waals surface area contributed by atoms with Crippen molar-refractivity contribution in [3.05, 3.63) is 96.1 Å². The molecule has 0 heterocycles. The molecule has 0 fully saturated rings. The summed E-state index contributed by atoms with van der Waals surface area (Å²) >= 11 is 0. The molecule has 0 aliphatic rings. The number of sulfonamides is 1. The topological polar surface area (TPSA) is 86.8 Å². The van der Waals surface area contributed by atoms with Crippen molar-refractivity contribution in [2.24, 2.45) is 0 Å². The van der Waals surface area contributed by atoms with E-state index in [0.717, 1.165) is 15.4 Å². The number of nitrogens with zero attached hydrogens (tertiary/aromatic N) is 2. The van der Waals surface area contributed by atoms with Gasteiger partial charge in [-0.25, -0.2) is 8.42 Å². The normalized spacial score (nSPS) is 12.6. The van der Waals surface area contributed by atoms with Gasteiger partial charge in [0.2, 0.25) is 11.8 Å². The van der Waals surface area contributed by atoms with Gasteiger partial charge in [-0.1, -0.05) is 74.5 Å². The van der Waals surface area contributed by atoms with Gasteiger partial charge in [0, 0.05) is 12.1 Å². The number of hydrogen-bond donors (Lipinski definition) is 1. The third-order valence-electron chi connectivity index (χ3n) is 6.61. The first-order valence-electron chi connectivity index (χ1n) is 13.6. The highest BCUT2D eigenvalue weighted by atomic mass is 32.2. The molecule has 0 aliphatic heterocycles. The Morgan fingerprint density at radius 1 is 0.825 bits per heavy atom. The summed E-state index contributed by atoms with van der Waals surface area (Å²) in [5.74, 6) is -0.488. The van der Waals surface area contributed by atoms with Gasteiger partial charge in [0.25, 0.3) is 10.0 Å². The van der Waals surface area contributed by atoms with Gasteiger partial charge in [-0.15, -0.1) is 0 Å². The van der Waals surface area contributed by atoms with E-state index in [0.29, 0.717) is 12.1 Å². The maximum absolute atomic E-state index is 14.0. The van der Waals surface area contributed by atoms with Gasteiger partial charge in [0.1, 0.15) is 12.6 Å². The van der Waals surface area contributed by atoms with Gasteiger partial charge in [-0.05, 0) is 75.4 Å². The van der Waals surface area contributed by atoms with Gasteiger partial charge >= 0.3 is 0 Å². The minimum Gasteiger partial charge on any atom is -0.350 e. The molecule has 3 rings (SSSR count). The Bertz CT molecular complexity index is 1370. The molecular weight excluding hydrogens is 522 g/mol. The molecule has 3 aromatic carbocycles. The van der Waals surface area contributed by atoms with Crippen molar-refractivity contribution in [2.75, 3.05) is 17.4 Å². The van der Waals surface area contributed by atoms with Crippen LogP contribution in [0.25, 0.3) is 0 Å². The average Bonchev–Trinajstić information content (AvgIpc) is 2.91. The fourth-order valence-corrected chi connectivity index (χ4v) is 5.75. The van der Waals surface area contributed by atoms with E-state index >= 15 is 0 Å². The fourth-order valence-electron chi connectivity index (χ4n) is 4.32. The molecule has 0 aromatic heterocycles. The summed E-state index contributed by atoms with van der Waals surface area (Å²) in [6.45, 7) is 11.2. The van der Waals surface area contributed by atoms with Crippen LogP contribution in [0.3, 0.4) is 0 Å². The van der Waals surface area contributed by atoms with E-state index in [1.54, 1.807) is 37.3 Å². The zero-order chi connectivity index (χ0) is 29.5. The third kappa shape index (κ3) is 8.18. The Morgan fingerprint density at radius 3 is 1.90 bits per heavy atom. The molecular formula is C32H41N3O4S. The molecule has 1 atom stereocenters. The van der Waals surface area contributed by atoms with E-state index in [-0.39, 0.29) is 23.3 Å². The molecule has 3 aromatic rings. The number of benzene rings is 3. The monoisotopic (exact) mass is 563 g/mol. The van der Waals surface area contributed by atoms with E-state index in [1.165, 1.54) is 17.0 Å². The van der Waals surface area contributed by atoms with E-state index in [2.05, 4.69) is 19.2 Å². The molecule has 0 aliphatic carbocycles. The summed E-state index contributed by atoms with van der Waals surface area (Å²) in [5.41, 5.74) is 1.97. The van der Waals surface area contributed by atoms with Crippen LogP contribution in [0.5, 0.6) is 0 Å². The molecule has 0 spiro atoms. The summed E-state index contributed by atoms with van der Waals surface area (Å²) in [6, 6.07) is 24.2. The molecule has 214 valence electrons. The predicted octanol–water partition coefficient (Wildman–Crippen LogP) is 5.38. The zero-order valence-corrected chi connectivity index (χ0v) is 25.1. The molecule has 8 heteroatoms. The van der Waals surface area contributed by atoms with Crippen LogP contribution in [0.15, 0.2) is 89.8 Å². The Balaban J connectivity index is 1.99. The lowest BCUT2D eigenvalue weighted by Crippen LogP contribution is -2.55. The molecule has 2 amide bonds. The average molecular weight is 564 g/mol. The minimum absolute atomic E-state index is 0.0881. The van der Waals surface area contributed by atoms with Crippen LogP contribution in [0.4, 0.5) is 5.69 Å². The standard InChI is InChI=1S/C32H41N3O4S/c1-24(2)27-17-19-28(20-18-27)35(40(38,39)29-15-11-8-12-16-29)23-30(36)34(22-21-26-13-9-7-10-14-26)25(3)31(37)33-32(4,5)6/h7-20,24-25H,21-23H2,1-6H3,(H,33,37). The molecule has 40 heavy (non-hydrogen) atoms. The number of amides is 2. The highest BCUT2D eigenvalue weighted by Crippen LogP contribution is 2.26. The van der Waals surface area contributed by atoms with Crippen molar-refractivity contribution in [1.29, 1.82) is 0 Å². The fraction of sp³-hybridized carbons (Fsp3) is 0.375. The van der Waals surface area contributed by atoms with Crippen LogP contribution in [-0.2, 0) is 26.0 Å². The first kappa shape index (κ1) is 30.9. The second-order valence-corrected chi connectivity index (χ2v) is 13.2. The molecule has 0 bridgehead atoms. The summed E-state index contributed by atoms with van der Waals surface area (Å²) < 4.78 is 28.9. The Morgan fingerprint density at radius 2 is 1.38 bits per heavy atom. The van der Waals surface area contributed by atoms with Crippen LogP contribution >= 0.6 is 0 Å². The van der Waals surface area contributed by atoms with E-state index in [9.17, 15) is 18.0 Å². The first-order valence-corrected chi connectivity index (χ1v) is 15.1. The number of carbonyl (C=O) groups excluding carboxylic acids is 2. The number of rotatable bonds is 11. The summed E-state index contributed by atoms with van der Waals surface area (Å²) in [6.07, 6.45) is 0.522. The molecule has 0 saturated carbocycles. The van der Waals surface area contributed by atoms with Gasteiger partial charge in [0.15, 0.2) is 0 Å². The Hall–Kier alpha value is -3.65. The van der Waals surface area contributed by atoms with Gasteiger partial charge in [-0.2, -0.15) is 0 Å². The number of hydrogen-bond acceptors (Lipinski definition) is 4. The lowest BCUT2D eigenvalue weighted by Gasteiger charge is -2.33. The second kappa shape index (κ2) is 13.1. The minimum atomic E-state index is -4.07. The van der Waals surface area contributed by atoms with Crippen LogP contribution in [0, 0.1) is 0 Å². The molecule has 0 radical (unpaired) electrons. The van der Waals surface area contributed by atoms with Crippen molar-refractivity contribution in [2.45, 2.75) is 70.4 Å².